The fraction of sp³-hybridized carbons (Fsp3) is 0.429. The second kappa shape index (κ2) is 8.29. The molecule has 0 atom stereocenters. The van der Waals surface area contributed by atoms with E-state index >= 15 is 0 Å². The molecular formula is C14H18O6. The minimum Gasteiger partial charge on any atom is -0.293 e. The largest absolute Gasteiger partial charge is 0.374 e. The van der Waals surface area contributed by atoms with Crippen molar-refractivity contribution < 1.29 is 29.1 Å². The molecule has 0 saturated heterocycles. The summed E-state index contributed by atoms with van der Waals surface area (Å²) in [6, 6.07) is 4.88. The summed E-state index contributed by atoms with van der Waals surface area (Å²) in [5, 5.41) is 0. The van der Waals surface area contributed by atoms with Crippen molar-refractivity contribution in [3.63, 3.8) is 0 Å². The van der Waals surface area contributed by atoms with E-state index in [-0.39, 0.29) is 24.3 Å². The summed E-state index contributed by atoms with van der Waals surface area (Å²) in [4.78, 5) is 42.3. The van der Waals surface area contributed by atoms with Gasteiger partial charge in [-0.05, 0) is 31.9 Å². The van der Waals surface area contributed by atoms with Crippen molar-refractivity contribution in [2.75, 3.05) is 13.2 Å². The van der Waals surface area contributed by atoms with Crippen LogP contribution in [-0.4, -0.2) is 25.2 Å². The van der Waals surface area contributed by atoms with Crippen molar-refractivity contribution in [2.24, 2.45) is 0 Å². The van der Waals surface area contributed by atoms with Crippen molar-refractivity contribution in [3.05, 3.63) is 34.9 Å². The first-order valence-corrected chi connectivity index (χ1v) is 6.45. The predicted molar refractivity (Wildman–Crippen MR) is 69.9 cm³/mol. The Balaban J connectivity index is 3.10. The molecule has 6 nitrogen and oxygen atoms in total. The molecule has 0 N–H and O–H groups in total. The molecule has 6 heteroatoms. The molecule has 0 saturated carbocycles. The molecule has 1 aromatic rings. The summed E-state index contributed by atoms with van der Waals surface area (Å²) >= 11 is 0. The number of hydrogen-bond donors (Lipinski definition) is 0. The van der Waals surface area contributed by atoms with Crippen LogP contribution in [0.2, 0.25) is 0 Å². The van der Waals surface area contributed by atoms with Gasteiger partial charge < -0.3 is 0 Å². The third kappa shape index (κ3) is 4.04. The van der Waals surface area contributed by atoms with Gasteiger partial charge in [0.1, 0.15) is 0 Å². The average molecular weight is 282 g/mol. The molecule has 0 amide bonds. The van der Waals surface area contributed by atoms with Crippen molar-refractivity contribution in [2.45, 2.75) is 27.2 Å². The van der Waals surface area contributed by atoms with Gasteiger partial charge in [0.25, 0.3) is 0 Å². The molecule has 0 unspecified atom stereocenters. The zero-order chi connectivity index (χ0) is 15.0. The van der Waals surface area contributed by atoms with Crippen LogP contribution in [0.5, 0.6) is 0 Å². The quantitative estimate of drug-likeness (QED) is 0.565. The molecule has 0 spiro atoms. The first kappa shape index (κ1) is 16.1. The van der Waals surface area contributed by atoms with Crippen LogP contribution in [0.1, 0.15) is 47.1 Å². The van der Waals surface area contributed by atoms with E-state index in [1.54, 1.807) is 26.0 Å². The van der Waals surface area contributed by atoms with E-state index < -0.39 is 11.9 Å². The third-order valence-corrected chi connectivity index (χ3v) is 2.46. The molecule has 0 heterocycles. The van der Waals surface area contributed by atoms with Gasteiger partial charge >= 0.3 is 11.9 Å². The Bertz CT molecular complexity index is 469. The summed E-state index contributed by atoms with van der Waals surface area (Å²) in [5.41, 5.74) is 0.885. The van der Waals surface area contributed by atoms with Gasteiger partial charge in [0, 0.05) is 0 Å². The number of carbonyl (C=O) groups excluding carboxylic acids is 2. The molecule has 0 aliphatic rings. The Morgan fingerprint density at radius 2 is 1.55 bits per heavy atom. The molecule has 20 heavy (non-hydrogen) atoms. The van der Waals surface area contributed by atoms with Crippen LogP contribution < -0.4 is 0 Å². The van der Waals surface area contributed by atoms with Gasteiger partial charge in [-0.2, -0.15) is 9.78 Å². The highest BCUT2D eigenvalue weighted by atomic mass is 17.2. The van der Waals surface area contributed by atoms with Crippen LogP contribution in [0.25, 0.3) is 0 Å². The Kier molecular flexibility index (Phi) is 6.69. The van der Waals surface area contributed by atoms with Gasteiger partial charge in [0.05, 0.1) is 24.3 Å². The van der Waals surface area contributed by atoms with E-state index in [1.807, 2.05) is 6.92 Å². The number of benzene rings is 1. The zero-order valence-corrected chi connectivity index (χ0v) is 11.8. The molecule has 0 aliphatic carbocycles. The third-order valence-electron chi connectivity index (χ3n) is 2.46. The van der Waals surface area contributed by atoms with Crippen molar-refractivity contribution in [3.8, 4) is 0 Å². The highest BCUT2D eigenvalue weighted by molar-refractivity contribution is 6.03. The van der Waals surface area contributed by atoms with Gasteiger partial charge in [-0.25, -0.2) is 9.59 Å². The van der Waals surface area contributed by atoms with Gasteiger partial charge in [0.15, 0.2) is 0 Å². The Morgan fingerprint density at radius 3 is 2.10 bits per heavy atom. The lowest BCUT2D eigenvalue weighted by Gasteiger charge is -2.11. The molecular weight excluding hydrogens is 264 g/mol. The Morgan fingerprint density at radius 1 is 0.950 bits per heavy atom. The topological polar surface area (TPSA) is 71.1 Å². The summed E-state index contributed by atoms with van der Waals surface area (Å²) in [6.07, 6.45) is 0.562. The zero-order valence-electron chi connectivity index (χ0n) is 11.8. The SMILES string of the molecule is CCOOC(=O)c1cccc(CC)c1C(=O)OOCC. The first-order chi connectivity index (χ1) is 9.65. The van der Waals surface area contributed by atoms with Crippen LogP contribution in [0.4, 0.5) is 0 Å². The molecule has 0 aliphatic heterocycles. The van der Waals surface area contributed by atoms with E-state index in [9.17, 15) is 9.59 Å². The van der Waals surface area contributed by atoms with Gasteiger partial charge in [0.2, 0.25) is 0 Å². The van der Waals surface area contributed by atoms with E-state index in [2.05, 4.69) is 19.6 Å². The van der Waals surface area contributed by atoms with Gasteiger partial charge in [-0.15, -0.1) is 0 Å². The van der Waals surface area contributed by atoms with E-state index in [4.69, 9.17) is 0 Å². The minimum absolute atomic E-state index is 0.0857. The minimum atomic E-state index is -0.745. The molecule has 0 fully saturated rings. The lowest BCUT2D eigenvalue weighted by Crippen LogP contribution is -2.17. The van der Waals surface area contributed by atoms with Crippen LogP contribution in [0.3, 0.4) is 0 Å². The average Bonchev–Trinajstić information content (AvgIpc) is 2.49. The lowest BCUT2D eigenvalue weighted by atomic mass is 9.99. The Hall–Kier alpha value is -1.92. The van der Waals surface area contributed by atoms with Crippen LogP contribution in [0.15, 0.2) is 18.2 Å². The highest BCUT2D eigenvalue weighted by Gasteiger charge is 2.23. The smallest absolute Gasteiger partial charge is 0.293 e. The van der Waals surface area contributed by atoms with Crippen molar-refractivity contribution in [1.82, 2.24) is 0 Å². The maximum atomic E-state index is 12.0. The normalized spacial score (nSPS) is 10.2. The van der Waals surface area contributed by atoms with Crippen LogP contribution in [0, 0.1) is 0 Å². The van der Waals surface area contributed by atoms with E-state index in [0.717, 1.165) is 0 Å². The van der Waals surface area contributed by atoms with E-state index in [0.29, 0.717) is 12.0 Å². The molecule has 0 aromatic heterocycles. The molecule has 110 valence electrons. The lowest BCUT2D eigenvalue weighted by molar-refractivity contribution is -0.238. The van der Waals surface area contributed by atoms with Crippen molar-refractivity contribution >= 4 is 11.9 Å². The summed E-state index contributed by atoms with van der Waals surface area (Å²) in [6.45, 7) is 5.67. The second-order valence-electron chi connectivity index (χ2n) is 3.75. The second-order valence-corrected chi connectivity index (χ2v) is 3.75. The Labute approximate surface area is 117 Å². The fourth-order valence-electron chi connectivity index (χ4n) is 1.62. The van der Waals surface area contributed by atoms with Crippen molar-refractivity contribution in [1.29, 1.82) is 0 Å². The fourth-order valence-corrected chi connectivity index (χ4v) is 1.62. The molecule has 1 rings (SSSR count). The highest BCUT2D eigenvalue weighted by Crippen LogP contribution is 2.18. The maximum absolute atomic E-state index is 12.0. The summed E-state index contributed by atoms with van der Waals surface area (Å²) in [7, 11) is 0. The first-order valence-electron chi connectivity index (χ1n) is 6.45. The number of carbonyl (C=O) groups is 2. The van der Waals surface area contributed by atoms with Crippen LogP contribution in [-0.2, 0) is 26.0 Å². The summed E-state index contributed by atoms with van der Waals surface area (Å²) < 4.78 is 0. The summed E-state index contributed by atoms with van der Waals surface area (Å²) in [5.74, 6) is -1.47. The maximum Gasteiger partial charge on any atom is 0.374 e. The molecule has 0 radical (unpaired) electrons. The van der Waals surface area contributed by atoms with Gasteiger partial charge in [-0.3, -0.25) is 9.78 Å². The number of hydrogen-bond acceptors (Lipinski definition) is 6. The number of aryl methyl sites for hydroxylation is 1. The molecule has 0 bridgehead atoms. The van der Waals surface area contributed by atoms with E-state index in [1.165, 1.54) is 6.07 Å². The predicted octanol–water partition coefficient (Wildman–Crippen LogP) is 2.47. The van der Waals surface area contributed by atoms with Crippen LogP contribution >= 0.6 is 0 Å². The number of rotatable bonds is 7. The monoisotopic (exact) mass is 282 g/mol. The van der Waals surface area contributed by atoms with Gasteiger partial charge in [-0.1, -0.05) is 19.1 Å². The standard InChI is InChI=1S/C14H18O6/c1-4-10-8-7-9-11(13(15)19-17-5-2)12(10)14(16)20-18-6-3/h7-9H,4-6H2,1-3H3. The molecule has 1 aromatic carbocycles.